The predicted molar refractivity (Wildman–Crippen MR) is 87.5 cm³/mol. The zero-order chi connectivity index (χ0) is 10.9. The lowest BCUT2D eigenvalue weighted by atomic mass is 10.4. The Morgan fingerprint density at radius 2 is 0.941 bits per heavy atom. The van der Waals surface area contributed by atoms with Gasteiger partial charge in [0, 0.05) is 13.9 Å². The van der Waals surface area contributed by atoms with E-state index in [0.717, 1.165) is 0 Å². The highest BCUT2D eigenvalue weighted by Gasteiger charge is 2.28. The molecular formula is C13H34Br2NP. The quantitative estimate of drug-likeness (QED) is 0.599. The van der Waals surface area contributed by atoms with Crippen molar-refractivity contribution >= 4 is 24.2 Å². The topological polar surface area (TPSA) is 35.0 Å². The van der Waals surface area contributed by atoms with Gasteiger partial charge in [-0.2, -0.15) is 0 Å². The molecule has 0 amide bonds. The molecule has 0 unspecified atom stereocenters. The molecule has 0 aromatic rings. The maximum Gasteiger partial charge on any atom is 0.0591 e. The fourth-order valence-corrected chi connectivity index (χ4v) is 5.86. The Bertz CT molecular complexity index is 113. The Balaban J connectivity index is -0.000000282. The van der Waals surface area contributed by atoms with Gasteiger partial charge in [-0.25, -0.2) is 0 Å². The van der Waals surface area contributed by atoms with Gasteiger partial charge < -0.3 is 23.1 Å². The average Bonchev–Trinajstić information content (AvgIpc) is 2.21. The molecule has 0 radical (unpaired) electrons. The largest absolute Gasteiger partial charge is 1.00 e. The van der Waals surface area contributed by atoms with Gasteiger partial charge >= 0.3 is 0 Å². The Kier molecular flexibility index (Phi) is 27.4. The first kappa shape index (κ1) is 26.8. The van der Waals surface area contributed by atoms with Gasteiger partial charge in [-0.05, 0) is 19.3 Å². The van der Waals surface area contributed by atoms with E-state index in [1.54, 1.807) is 18.5 Å². The molecule has 0 spiro atoms. The first-order chi connectivity index (χ1) is 6.68. The molecule has 0 saturated carbocycles. The Morgan fingerprint density at radius 3 is 1.12 bits per heavy atom. The van der Waals surface area contributed by atoms with E-state index in [4.69, 9.17) is 0 Å². The highest BCUT2D eigenvalue weighted by atomic mass is 79.9. The third-order valence-electron chi connectivity index (χ3n) is 3.15. The molecule has 1 nitrogen and oxygen atoms in total. The SMILES string of the molecule is Br.CCCC[P+](C)(CCCC)CCCC.N.[Br-]. The van der Waals surface area contributed by atoms with E-state index in [1.807, 2.05) is 0 Å². The monoisotopic (exact) mass is 393 g/mol. The van der Waals surface area contributed by atoms with Crippen molar-refractivity contribution in [3.8, 4) is 0 Å². The summed E-state index contributed by atoms with van der Waals surface area (Å²) in [6.07, 6.45) is 13.2. The van der Waals surface area contributed by atoms with E-state index < -0.39 is 7.26 Å². The van der Waals surface area contributed by atoms with Crippen molar-refractivity contribution in [2.75, 3.05) is 25.2 Å². The van der Waals surface area contributed by atoms with Gasteiger partial charge in [0.2, 0.25) is 0 Å². The van der Waals surface area contributed by atoms with Crippen molar-refractivity contribution in [1.29, 1.82) is 0 Å². The summed E-state index contributed by atoms with van der Waals surface area (Å²) in [6.45, 7) is 9.59. The number of unbranched alkanes of at least 4 members (excludes halogenated alkanes) is 3. The van der Waals surface area contributed by atoms with Crippen molar-refractivity contribution < 1.29 is 17.0 Å². The Morgan fingerprint density at radius 1 is 0.706 bits per heavy atom. The molecule has 0 aliphatic heterocycles. The summed E-state index contributed by atoms with van der Waals surface area (Å²) in [5.41, 5.74) is 0. The molecule has 0 aliphatic rings. The summed E-state index contributed by atoms with van der Waals surface area (Å²) in [5.74, 6) is 0. The molecule has 0 aliphatic carbocycles. The lowest BCUT2D eigenvalue weighted by molar-refractivity contribution is -0.00000396. The fourth-order valence-electron chi connectivity index (χ4n) is 1.95. The van der Waals surface area contributed by atoms with Crippen LogP contribution in [-0.4, -0.2) is 25.2 Å². The Labute approximate surface area is 131 Å². The van der Waals surface area contributed by atoms with Crippen LogP contribution in [0.15, 0.2) is 0 Å². The van der Waals surface area contributed by atoms with Crippen molar-refractivity contribution in [1.82, 2.24) is 6.15 Å². The van der Waals surface area contributed by atoms with E-state index in [0.29, 0.717) is 0 Å². The summed E-state index contributed by atoms with van der Waals surface area (Å²) in [5, 5.41) is 0. The highest BCUT2D eigenvalue weighted by Crippen LogP contribution is 2.57. The number of halogens is 2. The zero-order valence-corrected chi connectivity index (χ0v) is 16.5. The third-order valence-corrected chi connectivity index (χ3v) is 7.34. The molecule has 110 valence electrons. The van der Waals surface area contributed by atoms with Crippen LogP contribution < -0.4 is 23.1 Å². The van der Waals surface area contributed by atoms with Crippen LogP contribution in [0.4, 0.5) is 0 Å². The van der Waals surface area contributed by atoms with Crippen LogP contribution in [0.2, 0.25) is 0 Å². The van der Waals surface area contributed by atoms with Crippen LogP contribution in [0.1, 0.15) is 59.3 Å². The van der Waals surface area contributed by atoms with Crippen LogP contribution >= 0.6 is 24.2 Å². The van der Waals surface area contributed by atoms with Gasteiger partial charge in [-0.15, -0.1) is 17.0 Å². The minimum absolute atomic E-state index is 0. The summed E-state index contributed by atoms with van der Waals surface area (Å²) in [7, 11) is -0.519. The molecule has 0 bridgehead atoms. The average molecular weight is 395 g/mol. The van der Waals surface area contributed by atoms with E-state index in [2.05, 4.69) is 27.4 Å². The van der Waals surface area contributed by atoms with Crippen LogP contribution in [-0.2, 0) is 0 Å². The molecule has 17 heavy (non-hydrogen) atoms. The summed E-state index contributed by atoms with van der Waals surface area (Å²) < 4.78 is 0. The van der Waals surface area contributed by atoms with Crippen LogP contribution in [0.3, 0.4) is 0 Å². The second-order valence-electron chi connectivity index (χ2n) is 4.85. The lowest BCUT2D eigenvalue weighted by Crippen LogP contribution is -3.00. The van der Waals surface area contributed by atoms with Crippen molar-refractivity contribution in [2.45, 2.75) is 59.3 Å². The van der Waals surface area contributed by atoms with E-state index in [-0.39, 0.29) is 40.1 Å². The third kappa shape index (κ3) is 15.3. The molecular weight excluding hydrogens is 361 g/mol. The molecule has 0 atom stereocenters. The molecule has 4 heteroatoms. The van der Waals surface area contributed by atoms with E-state index in [1.165, 1.54) is 38.5 Å². The minimum atomic E-state index is -0.519. The first-order valence-corrected chi connectivity index (χ1v) is 9.31. The summed E-state index contributed by atoms with van der Waals surface area (Å²) >= 11 is 0. The molecule has 0 rings (SSSR count). The standard InChI is InChI=1S/C13H30P.2BrH.H3N/c1-5-8-11-14(4,12-9-6-2)13-10-7-3;;;/h5-13H2,1-4H3;2*1H;1H3/q+1;;;/p-1. The van der Waals surface area contributed by atoms with Gasteiger partial charge in [-0.1, -0.05) is 40.0 Å². The van der Waals surface area contributed by atoms with Crippen molar-refractivity contribution in [3.63, 3.8) is 0 Å². The van der Waals surface area contributed by atoms with E-state index >= 15 is 0 Å². The molecule has 0 heterocycles. The first-order valence-electron chi connectivity index (χ1n) is 6.52. The minimum Gasteiger partial charge on any atom is -1.00 e. The maximum absolute atomic E-state index is 2.62. The smallest absolute Gasteiger partial charge is 0.0591 e. The molecule has 0 saturated heterocycles. The van der Waals surface area contributed by atoms with Gasteiger partial charge in [0.25, 0.3) is 0 Å². The molecule has 0 aromatic carbocycles. The molecule has 0 fully saturated rings. The van der Waals surface area contributed by atoms with Crippen molar-refractivity contribution in [2.24, 2.45) is 0 Å². The normalized spacial score (nSPS) is 9.88. The molecule has 3 N–H and O–H groups in total. The van der Waals surface area contributed by atoms with E-state index in [9.17, 15) is 0 Å². The van der Waals surface area contributed by atoms with Gasteiger partial charge in [0.1, 0.15) is 0 Å². The van der Waals surface area contributed by atoms with Crippen molar-refractivity contribution in [3.05, 3.63) is 0 Å². The number of hydrogen-bond acceptors (Lipinski definition) is 1. The second kappa shape index (κ2) is 17.4. The highest BCUT2D eigenvalue weighted by molar-refractivity contribution is 8.93. The predicted octanol–water partition coefficient (Wildman–Crippen LogP) is 2.78. The second-order valence-corrected chi connectivity index (χ2v) is 9.43. The van der Waals surface area contributed by atoms with Crippen LogP contribution in [0, 0.1) is 0 Å². The summed E-state index contributed by atoms with van der Waals surface area (Å²) in [4.78, 5) is 0. The van der Waals surface area contributed by atoms with Crippen LogP contribution in [0.25, 0.3) is 0 Å². The number of rotatable bonds is 9. The zero-order valence-electron chi connectivity index (χ0n) is 12.3. The maximum atomic E-state index is 2.62. The van der Waals surface area contributed by atoms with Gasteiger partial charge in [0.15, 0.2) is 0 Å². The lowest BCUT2D eigenvalue weighted by Gasteiger charge is -2.22. The van der Waals surface area contributed by atoms with Gasteiger partial charge in [0.05, 0.1) is 18.5 Å². The summed E-state index contributed by atoms with van der Waals surface area (Å²) in [6, 6.07) is 0. The van der Waals surface area contributed by atoms with Gasteiger partial charge in [-0.3, -0.25) is 0 Å². The molecule has 0 aromatic heterocycles. The number of hydrogen-bond donors (Lipinski definition) is 1. The fraction of sp³-hybridized carbons (Fsp3) is 1.00. The Hall–Kier alpha value is 1.35. The van der Waals surface area contributed by atoms with Crippen LogP contribution in [0.5, 0.6) is 0 Å².